The summed E-state index contributed by atoms with van der Waals surface area (Å²) in [4.78, 5) is 35.3. The van der Waals surface area contributed by atoms with Gasteiger partial charge in [-0.2, -0.15) is 5.26 Å². The average molecular weight is 564 g/mol. The fourth-order valence-electron chi connectivity index (χ4n) is 2.65. The topological polar surface area (TPSA) is 135 Å². The van der Waals surface area contributed by atoms with Crippen molar-refractivity contribution in [3.63, 3.8) is 0 Å². The number of amides is 1. The highest BCUT2D eigenvalue weighted by atomic mass is 127. The second-order valence-corrected chi connectivity index (χ2v) is 7.53. The van der Waals surface area contributed by atoms with E-state index in [1.807, 2.05) is 28.7 Å². The van der Waals surface area contributed by atoms with Crippen molar-refractivity contribution in [3.05, 3.63) is 56.7 Å². The Morgan fingerprint density at radius 1 is 1.15 bits per heavy atom. The number of nitrogens with zero attached hydrogens (tertiary/aromatic N) is 1. The Balaban J connectivity index is 2.29. The van der Waals surface area contributed by atoms with E-state index in [2.05, 4.69) is 5.32 Å². The number of ether oxygens (including phenoxy) is 3. The van der Waals surface area contributed by atoms with Crippen LogP contribution in [-0.4, -0.2) is 42.8 Å². The van der Waals surface area contributed by atoms with Crippen LogP contribution >= 0.6 is 22.6 Å². The molecule has 0 heterocycles. The molecule has 0 aliphatic rings. The molecule has 0 bridgehead atoms. The van der Waals surface area contributed by atoms with Crippen LogP contribution in [0.15, 0.2) is 42.0 Å². The molecule has 2 aromatic carbocycles. The van der Waals surface area contributed by atoms with E-state index in [1.54, 1.807) is 26.0 Å². The number of carboxylic acid groups (broad SMARTS) is 1. The minimum atomic E-state index is -1.13. The van der Waals surface area contributed by atoms with Crippen LogP contribution in [0.4, 0.5) is 5.69 Å². The first-order valence-corrected chi connectivity index (χ1v) is 10.9. The number of carbonyl (C=O) groups is 3. The summed E-state index contributed by atoms with van der Waals surface area (Å²) < 4.78 is 16.6. The van der Waals surface area contributed by atoms with E-state index < -0.39 is 17.8 Å². The zero-order valence-electron chi connectivity index (χ0n) is 17.9. The second-order valence-electron chi connectivity index (χ2n) is 6.37. The summed E-state index contributed by atoms with van der Waals surface area (Å²) in [7, 11) is 0. The number of anilines is 1. The number of halogens is 1. The third kappa shape index (κ3) is 7.50. The molecule has 1 amide bonds. The van der Waals surface area contributed by atoms with Crippen molar-refractivity contribution in [2.45, 2.75) is 13.8 Å². The molecule has 2 N–H and O–H groups in total. The normalized spacial score (nSPS) is 10.7. The summed E-state index contributed by atoms with van der Waals surface area (Å²) in [5.41, 5.74) is 0.546. The van der Waals surface area contributed by atoms with E-state index in [9.17, 15) is 19.6 Å². The lowest BCUT2D eigenvalue weighted by molar-refractivity contribution is -0.145. The summed E-state index contributed by atoms with van der Waals surface area (Å²) in [6, 6.07) is 10.8. The van der Waals surface area contributed by atoms with E-state index in [1.165, 1.54) is 30.3 Å². The van der Waals surface area contributed by atoms with Crippen LogP contribution in [0.1, 0.15) is 29.8 Å². The van der Waals surface area contributed by atoms with Gasteiger partial charge in [-0.3, -0.25) is 4.79 Å². The number of benzene rings is 2. The van der Waals surface area contributed by atoms with Crippen LogP contribution in [0.5, 0.6) is 11.5 Å². The largest absolute Gasteiger partial charge is 0.490 e. The van der Waals surface area contributed by atoms with Gasteiger partial charge in [0.05, 0.1) is 22.3 Å². The first-order chi connectivity index (χ1) is 15.8. The molecular formula is C23H21IN2O7. The van der Waals surface area contributed by atoms with Gasteiger partial charge < -0.3 is 24.6 Å². The summed E-state index contributed by atoms with van der Waals surface area (Å²) in [6.07, 6.45) is 1.37. The number of aromatic carboxylic acids is 1. The molecule has 0 saturated heterocycles. The molecule has 0 spiro atoms. The first-order valence-electron chi connectivity index (χ1n) is 9.80. The lowest BCUT2D eigenvalue weighted by Gasteiger charge is -2.14. The van der Waals surface area contributed by atoms with E-state index in [0.717, 1.165) is 0 Å². The minimum absolute atomic E-state index is 0.00426. The van der Waals surface area contributed by atoms with Crippen molar-refractivity contribution >= 4 is 52.2 Å². The third-order valence-electron chi connectivity index (χ3n) is 4.01. The molecule has 0 fully saturated rings. The number of esters is 1. The van der Waals surface area contributed by atoms with E-state index in [-0.39, 0.29) is 30.0 Å². The summed E-state index contributed by atoms with van der Waals surface area (Å²) in [6.45, 7) is 3.75. The van der Waals surface area contributed by atoms with Crippen molar-refractivity contribution < 1.29 is 33.7 Å². The monoisotopic (exact) mass is 564 g/mol. The highest BCUT2D eigenvalue weighted by Gasteiger charge is 2.16. The smallest absolute Gasteiger partial charge is 0.344 e. The molecule has 0 unspecified atom stereocenters. The minimum Gasteiger partial charge on any atom is -0.490 e. The molecule has 0 atom stereocenters. The SMILES string of the molecule is CCOC(=O)COc1c(I)cc(/C=C(/C#N)C(=O)Nc2cccc(C(=O)O)c2)cc1OCC. The first kappa shape index (κ1) is 25.7. The number of hydrogen-bond donors (Lipinski definition) is 2. The Morgan fingerprint density at radius 2 is 1.91 bits per heavy atom. The number of nitriles is 1. The third-order valence-corrected chi connectivity index (χ3v) is 4.82. The van der Waals surface area contributed by atoms with Gasteiger partial charge in [0.15, 0.2) is 18.1 Å². The highest BCUT2D eigenvalue weighted by Crippen LogP contribution is 2.35. The van der Waals surface area contributed by atoms with E-state index in [4.69, 9.17) is 19.3 Å². The molecule has 2 rings (SSSR count). The van der Waals surface area contributed by atoms with Crippen LogP contribution in [-0.2, 0) is 14.3 Å². The molecule has 172 valence electrons. The van der Waals surface area contributed by atoms with Crippen LogP contribution in [0, 0.1) is 14.9 Å². The zero-order valence-corrected chi connectivity index (χ0v) is 20.0. The van der Waals surface area contributed by atoms with Gasteiger partial charge in [-0.05, 0) is 78.4 Å². The maximum atomic E-state index is 12.6. The van der Waals surface area contributed by atoms with Crippen molar-refractivity contribution in [1.82, 2.24) is 0 Å². The van der Waals surface area contributed by atoms with Gasteiger partial charge in [-0.25, -0.2) is 9.59 Å². The summed E-state index contributed by atoms with van der Waals surface area (Å²) in [5.74, 6) is -1.67. The number of carboxylic acids is 1. The summed E-state index contributed by atoms with van der Waals surface area (Å²) >= 11 is 2.00. The van der Waals surface area contributed by atoms with E-state index in [0.29, 0.717) is 27.2 Å². The number of rotatable bonds is 10. The van der Waals surface area contributed by atoms with Crippen molar-refractivity contribution in [2.75, 3.05) is 25.1 Å². The summed E-state index contributed by atoms with van der Waals surface area (Å²) in [5, 5.41) is 21.1. The molecule has 2 aromatic rings. The van der Waals surface area contributed by atoms with Gasteiger partial charge >= 0.3 is 11.9 Å². The Hall–Kier alpha value is -3.59. The molecular weight excluding hydrogens is 543 g/mol. The predicted octanol–water partition coefficient (Wildman–Crippen LogP) is 3.88. The maximum Gasteiger partial charge on any atom is 0.344 e. The van der Waals surface area contributed by atoms with Crippen LogP contribution in [0.2, 0.25) is 0 Å². The van der Waals surface area contributed by atoms with Gasteiger partial charge in [-0.15, -0.1) is 0 Å². The Morgan fingerprint density at radius 3 is 2.55 bits per heavy atom. The second kappa shape index (κ2) is 12.4. The molecule has 10 heteroatoms. The van der Waals surface area contributed by atoms with Crippen molar-refractivity contribution in [1.29, 1.82) is 5.26 Å². The fourth-order valence-corrected chi connectivity index (χ4v) is 3.43. The van der Waals surface area contributed by atoms with Crippen molar-refractivity contribution in [2.24, 2.45) is 0 Å². The lowest BCUT2D eigenvalue weighted by Crippen LogP contribution is -2.15. The molecule has 0 radical (unpaired) electrons. The van der Waals surface area contributed by atoms with Crippen LogP contribution in [0.3, 0.4) is 0 Å². The van der Waals surface area contributed by atoms with Gasteiger partial charge in [0, 0.05) is 5.69 Å². The zero-order chi connectivity index (χ0) is 24.4. The standard InChI is InChI=1S/C23H21IN2O7/c1-3-31-19-10-14(9-18(24)21(19)33-13-20(27)32-4-2)8-16(12-25)22(28)26-17-7-5-6-15(11-17)23(29)30/h5-11H,3-4,13H2,1-2H3,(H,26,28)(H,29,30)/b16-8-. The van der Waals surface area contributed by atoms with Crippen molar-refractivity contribution in [3.8, 4) is 17.6 Å². The van der Waals surface area contributed by atoms with Crippen LogP contribution in [0.25, 0.3) is 6.08 Å². The Labute approximate surface area is 204 Å². The van der Waals surface area contributed by atoms with Gasteiger partial charge in [0.2, 0.25) is 0 Å². The van der Waals surface area contributed by atoms with E-state index >= 15 is 0 Å². The van der Waals surface area contributed by atoms with Gasteiger partial charge in [-0.1, -0.05) is 6.07 Å². The highest BCUT2D eigenvalue weighted by molar-refractivity contribution is 14.1. The number of carbonyl (C=O) groups excluding carboxylic acids is 2. The number of nitrogens with one attached hydrogen (secondary N) is 1. The van der Waals surface area contributed by atoms with Crippen LogP contribution < -0.4 is 14.8 Å². The molecule has 0 aliphatic carbocycles. The average Bonchev–Trinajstić information content (AvgIpc) is 2.77. The maximum absolute atomic E-state index is 12.6. The molecule has 0 aromatic heterocycles. The van der Waals surface area contributed by atoms with Gasteiger partial charge in [0.1, 0.15) is 11.6 Å². The molecule has 0 saturated carbocycles. The predicted molar refractivity (Wildman–Crippen MR) is 128 cm³/mol. The molecule has 0 aliphatic heterocycles. The molecule has 9 nitrogen and oxygen atoms in total. The Bertz CT molecular complexity index is 1120. The molecule has 33 heavy (non-hydrogen) atoms. The number of hydrogen-bond acceptors (Lipinski definition) is 7. The van der Waals surface area contributed by atoms with Gasteiger partial charge in [0.25, 0.3) is 5.91 Å². The quantitative estimate of drug-likeness (QED) is 0.192. The fraction of sp³-hybridized carbons (Fsp3) is 0.217. The Kier molecular flexibility index (Phi) is 9.68. The lowest BCUT2D eigenvalue weighted by atomic mass is 10.1.